The second kappa shape index (κ2) is 8.04. The van der Waals surface area contributed by atoms with Crippen molar-refractivity contribution < 1.29 is 19.5 Å². The molecule has 2 aromatic rings. The Kier molecular flexibility index (Phi) is 6.06. The van der Waals surface area contributed by atoms with Crippen LogP contribution in [0.2, 0.25) is 0 Å². The number of hydrogen-bond acceptors (Lipinski definition) is 4. The minimum Gasteiger partial charge on any atom is -0.491 e. The zero-order chi connectivity index (χ0) is 17.1. The van der Waals surface area contributed by atoms with E-state index >= 15 is 0 Å². The first-order valence-corrected chi connectivity index (χ1v) is 7.66. The number of nitrogens with one attached hydrogen (secondary N) is 1. The van der Waals surface area contributed by atoms with Crippen molar-refractivity contribution >= 4 is 25.3 Å². The Morgan fingerprint density at radius 1 is 1.16 bits per heavy atom. The molecule has 132 valence electrons. The zero-order valence-corrected chi connectivity index (χ0v) is 14.7. The highest BCUT2D eigenvalue weighted by molar-refractivity contribution is 7.59. The van der Waals surface area contributed by atoms with E-state index in [1.165, 1.54) is 0 Å². The van der Waals surface area contributed by atoms with Crippen LogP contribution in [0.3, 0.4) is 0 Å². The third-order valence-electron chi connectivity index (χ3n) is 4.07. The van der Waals surface area contributed by atoms with E-state index in [0.717, 1.165) is 5.56 Å². The van der Waals surface area contributed by atoms with Crippen LogP contribution in [0.4, 0.5) is 0 Å². The Hall–Kier alpha value is -2.51. The molecule has 2 aromatic carbocycles. The summed E-state index contributed by atoms with van der Waals surface area (Å²) in [6, 6.07) is 13.9. The zero-order valence-electron chi connectivity index (χ0n) is 13.7. The smallest absolute Gasteiger partial charge is 0.274 e. The molecule has 25 heavy (non-hydrogen) atoms. The largest absolute Gasteiger partial charge is 0.491 e. The van der Waals surface area contributed by atoms with Crippen LogP contribution >= 0.6 is 13.5 Å². The van der Waals surface area contributed by atoms with Crippen LogP contribution in [-0.2, 0) is 6.54 Å². The van der Waals surface area contributed by atoms with E-state index in [0.29, 0.717) is 30.0 Å². The van der Waals surface area contributed by atoms with Gasteiger partial charge in [-0.05, 0) is 31.2 Å². The number of hydroxylamine groups is 1. The minimum atomic E-state index is -0.601. The summed E-state index contributed by atoms with van der Waals surface area (Å²) in [4.78, 5) is 26.1. The quantitative estimate of drug-likeness (QED) is 0.636. The van der Waals surface area contributed by atoms with Gasteiger partial charge < -0.3 is 9.64 Å². The molecule has 7 heteroatoms. The van der Waals surface area contributed by atoms with Gasteiger partial charge >= 0.3 is 0 Å². The lowest BCUT2D eigenvalue weighted by atomic mass is 10.1. The maximum absolute atomic E-state index is 12.8. The average molecular weight is 360 g/mol. The number of ether oxygens (including phenoxy) is 1. The molecule has 1 aliphatic rings. The predicted molar refractivity (Wildman–Crippen MR) is 97.3 cm³/mol. The number of fused-ring (bicyclic) bond motifs is 1. The summed E-state index contributed by atoms with van der Waals surface area (Å²) in [5.41, 5.74) is 3.35. The molecule has 0 fully saturated rings. The summed E-state index contributed by atoms with van der Waals surface area (Å²) in [6.45, 7) is 2.65. The van der Waals surface area contributed by atoms with E-state index < -0.39 is 5.91 Å². The fraction of sp³-hybridized carbons (Fsp3) is 0.222. The minimum absolute atomic E-state index is 0. The van der Waals surface area contributed by atoms with Gasteiger partial charge in [0.1, 0.15) is 12.4 Å². The van der Waals surface area contributed by atoms with Crippen LogP contribution in [0.5, 0.6) is 5.75 Å². The third kappa shape index (κ3) is 3.94. The molecule has 0 bridgehead atoms. The molecule has 6 nitrogen and oxygen atoms in total. The molecule has 0 aromatic heterocycles. The number of carbonyl (C=O) groups is 2. The van der Waals surface area contributed by atoms with Gasteiger partial charge in [0.05, 0.1) is 12.6 Å². The van der Waals surface area contributed by atoms with Crippen molar-refractivity contribution in [2.45, 2.75) is 19.5 Å². The number of rotatable bonds is 2. The van der Waals surface area contributed by atoms with Gasteiger partial charge in [-0.3, -0.25) is 14.8 Å². The summed E-state index contributed by atoms with van der Waals surface area (Å²) in [5, 5.41) is 8.74. The van der Waals surface area contributed by atoms with Crippen LogP contribution < -0.4 is 10.2 Å². The molecule has 0 radical (unpaired) electrons. The normalized spacial score (nSPS) is 15.9. The van der Waals surface area contributed by atoms with Gasteiger partial charge in [0.2, 0.25) is 0 Å². The second-order valence-electron chi connectivity index (χ2n) is 5.72. The van der Waals surface area contributed by atoms with Crippen molar-refractivity contribution in [2.24, 2.45) is 0 Å². The summed E-state index contributed by atoms with van der Waals surface area (Å²) in [7, 11) is 0. The van der Waals surface area contributed by atoms with Crippen LogP contribution in [-0.4, -0.2) is 34.6 Å². The highest BCUT2D eigenvalue weighted by Gasteiger charge is 2.27. The van der Waals surface area contributed by atoms with Crippen LogP contribution in [0, 0.1) is 0 Å². The van der Waals surface area contributed by atoms with E-state index in [-0.39, 0.29) is 25.4 Å². The molecule has 2 N–H and O–H groups in total. The monoisotopic (exact) mass is 360 g/mol. The molecular weight excluding hydrogens is 340 g/mol. The highest BCUT2D eigenvalue weighted by atomic mass is 32.1. The number of hydrogen-bond donors (Lipinski definition) is 2. The summed E-state index contributed by atoms with van der Waals surface area (Å²) in [6.07, 6.45) is 0. The van der Waals surface area contributed by atoms with E-state index in [2.05, 4.69) is 0 Å². The van der Waals surface area contributed by atoms with Crippen LogP contribution in [0.15, 0.2) is 48.5 Å². The molecule has 1 heterocycles. The molecule has 0 aliphatic carbocycles. The van der Waals surface area contributed by atoms with Gasteiger partial charge in [0.25, 0.3) is 11.8 Å². The topological polar surface area (TPSA) is 78.9 Å². The molecule has 0 unspecified atom stereocenters. The molecule has 1 atom stereocenters. The number of amides is 2. The van der Waals surface area contributed by atoms with E-state index in [1.807, 2.05) is 25.1 Å². The molecule has 0 saturated carbocycles. The number of nitrogens with zero attached hydrogens (tertiary/aromatic N) is 1. The lowest BCUT2D eigenvalue weighted by Gasteiger charge is -2.26. The van der Waals surface area contributed by atoms with Crippen LogP contribution in [0.1, 0.15) is 33.2 Å². The van der Waals surface area contributed by atoms with Gasteiger partial charge in [-0.2, -0.15) is 13.5 Å². The van der Waals surface area contributed by atoms with Crippen molar-refractivity contribution in [2.75, 3.05) is 6.61 Å². The van der Waals surface area contributed by atoms with Gasteiger partial charge in [-0.15, -0.1) is 0 Å². The van der Waals surface area contributed by atoms with Gasteiger partial charge in [-0.25, -0.2) is 5.48 Å². The van der Waals surface area contributed by atoms with E-state index in [9.17, 15) is 9.59 Å². The molecule has 0 spiro atoms. The third-order valence-corrected chi connectivity index (χ3v) is 4.07. The molecule has 2 amide bonds. The summed E-state index contributed by atoms with van der Waals surface area (Å²) < 4.78 is 5.76. The molecule has 3 rings (SSSR count). The Morgan fingerprint density at radius 3 is 2.56 bits per heavy atom. The van der Waals surface area contributed by atoms with Gasteiger partial charge in [0, 0.05) is 16.7 Å². The lowest BCUT2D eigenvalue weighted by Crippen LogP contribution is -2.39. The molecular formula is C18H20N2O4S. The first-order valence-electron chi connectivity index (χ1n) is 7.66. The number of carbonyl (C=O) groups excluding carboxylic acids is 2. The second-order valence-corrected chi connectivity index (χ2v) is 5.72. The number of benzene rings is 2. The highest BCUT2D eigenvalue weighted by Crippen LogP contribution is 2.27. The fourth-order valence-corrected chi connectivity index (χ4v) is 2.68. The van der Waals surface area contributed by atoms with Crippen molar-refractivity contribution in [3.05, 3.63) is 65.2 Å². The fourth-order valence-electron chi connectivity index (χ4n) is 2.68. The average Bonchev–Trinajstić information content (AvgIpc) is 2.80. The Bertz CT molecular complexity index is 767. The Balaban J connectivity index is 0.00000225. The van der Waals surface area contributed by atoms with Gasteiger partial charge in [-0.1, -0.05) is 24.3 Å². The predicted octanol–water partition coefficient (Wildman–Crippen LogP) is 2.34. The van der Waals surface area contributed by atoms with E-state index in [4.69, 9.17) is 9.94 Å². The molecule has 1 aliphatic heterocycles. The lowest BCUT2D eigenvalue weighted by molar-refractivity contribution is 0.0645. The first-order chi connectivity index (χ1) is 11.6. The van der Waals surface area contributed by atoms with Crippen molar-refractivity contribution in [3.8, 4) is 5.75 Å². The Morgan fingerprint density at radius 2 is 1.88 bits per heavy atom. The molecule has 0 saturated heterocycles. The van der Waals surface area contributed by atoms with Crippen molar-refractivity contribution in [1.29, 1.82) is 0 Å². The maximum atomic E-state index is 12.8. The summed E-state index contributed by atoms with van der Waals surface area (Å²) in [5.74, 6) is -0.112. The standard InChI is InChI=1S/C18H18N2O4.H2S/c1-12-11-24-16-9-14(17(21)19-23)7-8-15(16)10-20(12)18(22)13-5-3-2-4-6-13;/h2-9,12,23H,10-11H2,1H3,(H,19,21);1H2/t12-;/m0./s1. The van der Waals surface area contributed by atoms with Crippen molar-refractivity contribution in [1.82, 2.24) is 10.4 Å². The SMILES string of the molecule is C[C@H]1COc2cc(C(=O)NO)ccc2CN1C(=O)c1ccccc1.S. The first kappa shape index (κ1) is 18.8. The van der Waals surface area contributed by atoms with Crippen molar-refractivity contribution in [3.63, 3.8) is 0 Å². The summed E-state index contributed by atoms with van der Waals surface area (Å²) >= 11 is 0. The van der Waals surface area contributed by atoms with Gasteiger partial charge in [0.15, 0.2) is 0 Å². The Labute approximate surface area is 152 Å². The van der Waals surface area contributed by atoms with Crippen LogP contribution in [0.25, 0.3) is 0 Å². The maximum Gasteiger partial charge on any atom is 0.274 e. The van der Waals surface area contributed by atoms with E-state index in [1.54, 1.807) is 40.7 Å².